The number of carbonyl (C=O) groups is 4. The molecule has 12 aliphatic heterocycles. The number of aromatic nitrogens is 6. The standard InChI is InChI=1S/C40H44N4O8.C36H44N4.C32H36N4.6FH.3Sn/c1-21-25(9-13-37(45)49-5)33-18-31-23(3)26(10-14-38(46)50-6)34(43-31)19-32-24(4)28(12-16-40(48)52-8)36(44-32)20-35-27(11-15-39(47)51-7)22(2)30(42-35)17-29(21)41-33;1-9-21-22(10-2)30-18-32-25(13-5)26(14-6)34(39-32)20-36-28(16-8)27(15-7)35(40-36)19-33-24(12-4)23(11-3)31(38-33)17-29(21)37-30;1-9-21-17(5)25-14-30-23(11-3)19(7)27(35-30)16-32-24(12-4)20(8)28(36-32)15-31-22(10-2)18(6)26(34-31)13-29(21)33-25;;;;;;;;;/h17-20H,9-16H2,1-8H3;17-20H,9-16H2,1-8H3;13-16H,9-12H2,1-8H3;6*1H;;;/q3*-2;;;;;;;3*+4/p-6. The van der Waals surface area contributed by atoms with Gasteiger partial charge in [-0.1, -0.05) is 0 Å². The summed E-state index contributed by atoms with van der Waals surface area (Å²) < 4.78 is 137. The molecule has 718 valence electrons. The summed E-state index contributed by atoms with van der Waals surface area (Å²) in [6, 6.07) is 0. The molecule has 0 unspecified atom stereocenters. The quantitative estimate of drug-likeness (QED) is 0.0246. The van der Waals surface area contributed by atoms with Gasteiger partial charge >= 0.3 is 823 Å². The van der Waals surface area contributed by atoms with Gasteiger partial charge in [0.25, 0.3) is 0 Å². The summed E-state index contributed by atoms with van der Waals surface area (Å²) in [5, 5.41) is 2.98. The molecule has 0 atom stereocenters. The maximum absolute atomic E-state index is 18.5. The number of halogens is 6. The zero-order valence-corrected chi connectivity index (χ0v) is 92.0. The molecule has 0 radical (unpaired) electrons. The van der Waals surface area contributed by atoms with Gasteiger partial charge in [0.15, 0.2) is 0 Å². The average molecular weight is 2190 g/mol. The molecular weight excluding hydrogens is 2060 g/mol. The summed E-state index contributed by atoms with van der Waals surface area (Å²) in [7, 11) is 5.19. The first-order valence-corrected chi connectivity index (χ1v) is 62.7. The van der Waals surface area contributed by atoms with E-state index in [4.69, 9.17) is 48.9 Å². The van der Waals surface area contributed by atoms with Crippen molar-refractivity contribution in [3.8, 4) is 0 Å². The van der Waals surface area contributed by atoms with Gasteiger partial charge in [-0.15, -0.1) is 0 Å². The third-order valence-corrected chi connectivity index (χ3v) is 47.3. The Morgan fingerprint density at radius 3 is 0.934 bits per heavy atom. The normalized spacial score (nSPS) is 17.7. The molecule has 0 amide bonds. The summed E-state index contributed by atoms with van der Waals surface area (Å²) in [6.45, 7) is 40.8. The van der Waals surface area contributed by atoms with Crippen molar-refractivity contribution in [2.75, 3.05) is 28.4 Å². The van der Waals surface area contributed by atoms with Crippen LogP contribution in [-0.2, 0) is 89.5 Å². The van der Waals surface area contributed by atoms with Gasteiger partial charge in [-0.25, -0.2) is 0 Å². The van der Waals surface area contributed by atoms with Gasteiger partial charge in [-0.2, -0.15) is 0 Å². The Morgan fingerprint density at radius 2 is 0.511 bits per heavy atom. The molecule has 20 nitrogen and oxygen atoms in total. The maximum atomic E-state index is 18.5. The van der Waals surface area contributed by atoms with Gasteiger partial charge < -0.3 is 0 Å². The second-order valence-electron chi connectivity index (χ2n) is 36.4. The first kappa shape index (κ1) is 99.7. The monoisotopic (exact) mass is 2190 g/mol. The van der Waals surface area contributed by atoms with Gasteiger partial charge in [-0.05, 0) is 0 Å². The molecule has 0 spiro atoms. The van der Waals surface area contributed by atoms with Crippen molar-refractivity contribution in [1.29, 1.82) is 0 Å². The molecular formula is C108H124F6N12O8Sn3. The van der Waals surface area contributed by atoms with Crippen molar-refractivity contribution in [2.45, 2.75) is 267 Å². The fourth-order valence-electron chi connectivity index (χ4n) is 22.7. The van der Waals surface area contributed by atoms with E-state index in [1.165, 1.54) is 67.5 Å². The van der Waals surface area contributed by atoms with Crippen LogP contribution in [0, 0.1) is 27.7 Å². The molecule has 18 bridgehead atoms. The van der Waals surface area contributed by atoms with Crippen LogP contribution in [0.4, 0.5) is 17.2 Å². The third-order valence-electron chi connectivity index (χ3n) is 29.8. The van der Waals surface area contributed by atoms with E-state index in [1.807, 2.05) is 76.3 Å². The number of ether oxygens (including phenoxy) is 4. The summed E-state index contributed by atoms with van der Waals surface area (Å²) in [6.07, 6.45) is 32.1. The average Bonchev–Trinajstić information content (AvgIpc) is 1.55. The zero-order chi connectivity index (χ0) is 98.7. The van der Waals surface area contributed by atoms with Crippen LogP contribution in [0.2, 0.25) is 0 Å². The first-order valence-electron chi connectivity index (χ1n) is 48.6. The fourth-order valence-corrected chi connectivity index (χ4v) is 41.6. The van der Waals surface area contributed by atoms with Gasteiger partial charge in [0.05, 0.1) is 0 Å². The third kappa shape index (κ3) is 16.5. The number of esters is 4. The second kappa shape index (κ2) is 39.0. The predicted octanol–water partition coefficient (Wildman–Crippen LogP) is 18.8. The summed E-state index contributed by atoms with van der Waals surface area (Å²) in [4.78, 5) is 80.2. The Kier molecular flexibility index (Phi) is 28.4. The minimum absolute atomic E-state index is 0.0492. The van der Waals surface area contributed by atoms with Gasteiger partial charge in [-0.3, -0.25) is 0 Å². The molecule has 0 aromatic carbocycles. The molecule has 0 fully saturated rings. The number of aliphatic imine (C=N–C) groups is 6. The number of hydrogen-bond acceptors (Lipinski definition) is 14. The van der Waals surface area contributed by atoms with Crippen LogP contribution >= 0.6 is 0 Å². The van der Waals surface area contributed by atoms with E-state index >= 15 is 17.2 Å². The predicted molar refractivity (Wildman–Crippen MR) is 545 cm³/mol. The van der Waals surface area contributed by atoms with Crippen LogP contribution in [0.15, 0.2) is 131 Å². The molecule has 12 aliphatic rings. The molecule has 6 aromatic heterocycles. The molecule has 0 aliphatic carbocycles. The number of fused-ring (bicyclic) bond motifs is 6. The van der Waals surface area contributed by atoms with Crippen molar-refractivity contribution < 1.29 is 55.3 Å². The summed E-state index contributed by atoms with van der Waals surface area (Å²) in [5.74, 6) is -1.80. The Labute approximate surface area is 816 Å². The van der Waals surface area contributed by atoms with Crippen LogP contribution < -0.4 is 32.1 Å². The molecule has 18 heterocycles. The van der Waals surface area contributed by atoms with E-state index in [0.717, 1.165) is 168 Å². The van der Waals surface area contributed by atoms with Crippen LogP contribution in [0.5, 0.6) is 0 Å². The number of hydrogen-bond donors (Lipinski definition) is 0. The second-order valence-corrected chi connectivity index (χ2v) is 52.8. The molecule has 0 N–H and O–H groups in total. The van der Waals surface area contributed by atoms with Crippen molar-refractivity contribution in [3.63, 3.8) is 0 Å². The minimum atomic E-state index is -7.00. The Hall–Kier alpha value is -10.3. The molecule has 18 rings (SSSR count). The number of nitrogens with zero attached hydrogens (tertiary/aromatic N) is 12. The van der Waals surface area contributed by atoms with E-state index in [-0.39, 0.29) is 73.5 Å². The van der Waals surface area contributed by atoms with E-state index in [2.05, 4.69) is 96.9 Å². The molecule has 0 saturated carbocycles. The number of rotatable bonds is 24. The van der Waals surface area contributed by atoms with Gasteiger partial charge in [0.1, 0.15) is 0 Å². The van der Waals surface area contributed by atoms with E-state index < -0.39 is 84.1 Å². The first-order chi connectivity index (χ1) is 65.5. The topological polar surface area (TPSA) is 209 Å². The van der Waals surface area contributed by atoms with Crippen LogP contribution in [0.25, 0.3) is 72.9 Å². The van der Waals surface area contributed by atoms with Crippen LogP contribution in [0.1, 0.15) is 289 Å². The Balaban J connectivity index is 0.000000151. The molecule has 0 saturated heterocycles. The summed E-state index contributed by atoms with van der Waals surface area (Å²) >= 11 is -19.9. The Morgan fingerprint density at radius 1 is 0.241 bits per heavy atom. The molecule has 29 heteroatoms. The van der Waals surface area contributed by atoms with Crippen LogP contribution in [-0.4, -0.2) is 164 Å². The SMILES string of the molecule is CCC1=C(C)C2=NC1=Cc1c(C)c(CC)c3[n]1[Sn]([F])([F])[n]1c(c(C)c(CC)c1=C2)=CC1=NC(=C3)C(C)=C1CC.CCC1=C(CC)C2=NC1=Cc1c(CC)c(CC)c3[n]1[Sn]([F])([F])[n]1c(c(CC)c(CC)c1=CC1=NC(=C3)C(CC)=C1CC)=C2.COC(=O)CCC1=C(C)C2=NC1=Cc1c(C)c(CCC(=O)OC)c3[n]1[Sn]([F])([F])[n]1c(c(C)c(CCC(=O)OC)c1=CC1=NC(=C3)C(C)=C1CCC(=O)OC)=C2. The van der Waals surface area contributed by atoms with Crippen molar-refractivity contribution in [1.82, 2.24) is 16.7 Å². The van der Waals surface area contributed by atoms with Gasteiger partial charge in [0, 0.05) is 0 Å². The zero-order valence-electron chi connectivity index (χ0n) is 83.5. The number of carbonyl (C=O) groups excluding carboxylic acids is 4. The van der Waals surface area contributed by atoms with E-state index in [9.17, 15) is 19.2 Å². The van der Waals surface area contributed by atoms with Gasteiger partial charge in [0.2, 0.25) is 0 Å². The molecule has 6 aromatic rings. The number of methoxy groups -OCH3 is 4. The fraction of sp³-hybridized carbons (Fsp3) is 0.407. The van der Waals surface area contributed by atoms with E-state index in [0.29, 0.717) is 133 Å². The summed E-state index contributed by atoms with van der Waals surface area (Å²) in [5.41, 5.74) is 33.5. The van der Waals surface area contributed by atoms with E-state index in [1.54, 1.807) is 38.2 Å². The van der Waals surface area contributed by atoms with Crippen LogP contribution in [0.3, 0.4) is 0 Å². The van der Waals surface area contributed by atoms with Crippen molar-refractivity contribution in [3.05, 3.63) is 234 Å². The van der Waals surface area contributed by atoms with Crippen molar-refractivity contribution in [2.24, 2.45) is 30.0 Å². The number of allylic oxidation sites excluding steroid dienone is 12. The van der Waals surface area contributed by atoms with Crippen molar-refractivity contribution >= 4 is 191 Å². The molecule has 137 heavy (non-hydrogen) atoms. The Bertz CT molecular complexity index is 7290.